The van der Waals surface area contributed by atoms with Gasteiger partial charge in [-0.15, -0.1) is 0 Å². The number of hydrogen-bond acceptors (Lipinski definition) is 0. The molecule has 0 atom stereocenters. The molecule has 0 bridgehead atoms. The van der Waals surface area contributed by atoms with Crippen molar-refractivity contribution in [2.24, 2.45) is 0 Å². The minimum absolute atomic E-state index is 0.311. The lowest BCUT2D eigenvalue weighted by Gasteiger charge is -2.19. The van der Waals surface area contributed by atoms with Crippen LogP contribution < -0.4 is 0 Å². The first kappa shape index (κ1) is 11.1. The van der Waals surface area contributed by atoms with Crippen LogP contribution in [0.25, 0.3) is 0 Å². The fourth-order valence-electron chi connectivity index (χ4n) is 0.943. The number of hydrogen-bond donors (Lipinski definition) is 0. The molecule has 0 amide bonds. The highest BCUT2D eigenvalue weighted by atomic mass is 19.4. The monoisotopic (exact) mass is 213 g/mol. The molecule has 0 nitrogen and oxygen atoms in total. The molecule has 77 valence electrons. The molecular formula is C8H3F6. The number of alkyl halides is 6. The fraction of sp³-hybridized carbons (Fsp3) is 0.375. The van der Waals surface area contributed by atoms with Crippen molar-refractivity contribution in [1.29, 1.82) is 0 Å². The Morgan fingerprint density at radius 2 is 1.57 bits per heavy atom. The highest BCUT2D eigenvalue weighted by molar-refractivity contribution is 5.40. The van der Waals surface area contributed by atoms with Gasteiger partial charge in [-0.1, -0.05) is 6.08 Å². The Labute approximate surface area is 75.9 Å². The summed E-state index contributed by atoms with van der Waals surface area (Å²) < 4.78 is 72.3. The van der Waals surface area contributed by atoms with E-state index in [1.807, 2.05) is 6.42 Å². The van der Waals surface area contributed by atoms with Crippen LogP contribution in [0.2, 0.25) is 0 Å². The third-order valence-corrected chi connectivity index (χ3v) is 1.48. The zero-order valence-electron chi connectivity index (χ0n) is 6.55. The Morgan fingerprint density at radius 1 is 1.00 bits per heavy atom. The van der Waals surface area contributed by atoms with Gasteiger partial charge in [0.15, 0.2) is 0 Å². The Hall–Kier alpha value is -0.940. The summed E-state index contributed by atoms with van der Waals surface area (Å²) in [6.07, 6.45) is -6.49. The smallest absolute Gasteiger partial charge is 0.166 e. The van der Waals surface area contributed by atoms with E-state index in [1.54, 1.807) is 0 Å². The fourth-order valence-corrected chi connectivity index (χ4v) is 0.943. The molecule has 6 heteroatoms. The first-order valence-corrected chi connectivity index (χ1v) is 3.43. The maximum absolute atomic E-state index is 12.1. The van der Waals surface area contributed by atoms with Gasteiger partial charge in [-0.25, -0.2) is 0 Å². The second kappa shape index (κ2) is 3.33. The zero-order chi connectivity index (χ0) is 11.0. The number of allylic oxidation sites excluding steroid dienone is 4. The van der Waals surface area contributed by atoms with Crippen molar-refractivity contribution in [3.63, 3.8) is 0 Å². The van der Waals surface area contributed by atoms with Gasteiger partial charge in [0.05, 0.1) is 11.1 Å². The summed E-state index contributed by atoms with van der Waals surface area (Å²) in [5, 5.41) is 0. The van der Waals surface area contributed by atoms with Crippen LogP contribution in [0, 0.1) is 12.5 Å². The lowest BCUT2D eigenvalue weighted by molar-refractivity contribution is -0.118. The van der Waals surface area contributed by atoms with Gasteiger partial charge in [0.25, 0.3) is 0 Å². The molecule has 0 aromatic heterocycles. The summed E-state index contributed by atoms with van der Waals surface area (Å²) in [7, 11) is 0. The van der Waals surface area contributed by atoms with Gasteiger partial charge in [-0.3, -0.25) is 0 Å². The van der Waals surface area contributed by atoms with E-state index in [4.69, 9.17) is 0 Å². The van der Waals surface area contributed by atoms with Crippen molar-refractivity contribution in [3.8, 4) is 0 Å². The first-order chi connectivity index (χ1) is 6.23. The minimum Gasteiger partial charge on any atom is -0.166 e. The summed E-state index contributed by atoms with van der Waals surface area (Å²) in [6.45, 7) is 0. The van der Waals surface area contributed by atoms with Gasteiger partial charge in [0, 0.05) is 6.42 Å². The molecule has 0 saturated carbocycles. The average Bonchev–Trinajstić information content (AvgIpc) is 2.01. The van der Waals surface area contributed by atoms with Crippen molar-refractivity contribution >= 4 is 0 Å². The van der Waals surface area contributed by atoms with Crippen LogP contribution in [0.1, 0.15) is 6.42 Å². The summed E-state index contributed by atoms with van der Waals surface area (Å²) >= 11 is 0. The molecule has 0 aromatic rings. The van der Waals surface area contributed by atoms with E-state index in [2.05, 4.69) is 0 Å². The zero-order valence-corrected chi connectivity index (χ0v) is 6.55. The van der Waals surface area contributed by atoms with E-state index in [-0.39, 0.29) is 6.42 Å². The molecule has 0 heterocycles. The quantitative estimate of drug-likeness (QED) is 0.542. The molecule has 0 unspecified atom stereocenters. The number of rotatable bonds is 0. The van der Waals surface area contributed by atoms with Crippen molar-refractivity contribution in [3.05, 3.63) is 29.7 Å². The molecule has 1 aliphatic rings. The third kappa shape index (κ3) is 2.30. The van der Waals surface area contributed by atoms with E-state index in [0.29, 0.717) is 6.08 Å². The van der Waals surface area contributed by atoms with Gasteiger partial charge in [0.2, 0.25) is 0 Å². The summed E-state index contributed by atoms with van der Waals surface area (Å²) in [4.78, 5) is 0. The van der Waals surface area contributed by atoms with Crippen LogP contribution in [0.15, 0.2) is 17.2 Å². The molecule has 1 rings (SSSR count). The maximum atomic E-state index is 12.1. The van der Waals surface area contributed by atoms with Crippen LogP contribution in [0.4, 0.5) is 26.3 Å². The normalized spacial score (nSPS) is 19.0. The second-order valence-electron chi connectivity index (χ2n) is 2.49. The van der Waals surface area contributed by atoms with Crippen LogP contribution in [-0.2, 0) is 0 Å². The van der Waals surface area contributed by atoms with Gasteiger partial charge in [-0.05, 0) is 12.5 Å². The van der Waals surface area contributed by atoms with Crippen molar-refractivity contribution in [2.45, 2.75) is 18.8 Å². The highest BCUT2D eigenvalue weighted by Crippen LogP contribution is 2.41. The van der Waals surface area contributed by atoms with Crippen molar-refractivity contribution < 1.29 is 26.3 Å². The molecule has 0 saturated heterocycles. The van der Waals surface area contributed by atoms with Crippen LogP contribution in [0.3, 0.4) is 0 Å². The van der Waals surface area contributed by atoms with Crippen molar-refractivity contribution in [1.82, 2.24) is 0 Å². The average molecular weight is 213 g/mol. The standard InChI is InChI=1S/C8H3F6/c9-7(10,11)5-3-1-2-4-6(5)8(12,13)14/h3H,1H2. The summed E-state index contributed by atoms with van der Waals surface area (Å²) in [5.74, 6) is 0. The van der Waals surface area contributed by atoms with Crippen LogP contribution in [-0.4, -0.2) is 12.4 Å². The van der Waals surface area contributed by atoms with Crippen LogP contribution >= 0.6 is 0 Å². The highest BCUT2D eigenvalue weighted by Gasteiger charge is 2.46. The van der Waals surface area contributed by atoms with Crippen molar-refractivity contribution in [2.75, 3.05) is 0 Å². The molecule has 0 N–H and O–H groups in total. The predicted octanol–water partition coefficient (Wildman–Crippen LogP) is 3.25. The molecule has 0 aromatic carbocycles. The molecular weight excluding hydrogens is 210 g/mol. The molecule has 14 heavy (non-hydrogen) atoms. The summed E-state index contributed by atoms with van der Waals surface area (Å²) in [5.41, 5.74) is -3.50. The molecule has 0 aliphatic heterocycles. The Bertz CT molecular complexity index is 247. The SMILES string of the molecule is FC(F)(F)C1=[C][C]CC=C1C(F)(F)F. The largest absolute Gasteiger partial charge is 0.417 e. The molecule has 1 aliphatic carbocycles. The van der Waals surface area contributed by atoms with E-state index in [0.717, 1.165) is 0 Å². The molecule has 3 radical (unpaired) electrons. The predicted molar refractivity (Wildman–Crippen MR) is 34.8 cm³/mol. The minimum atomic E-state index is -5.05. The second-order valence-corrected chi connectivity index (χ2v) is 2.49. The number of halogens is 6. The van der Waals surface area contributed by atoms with E-state index in [1.165, 1.54) is 6.08 Å². The Balaban J connectivity index is 3.06. The van der Waals surface area contributed by atoms with Gasteiger partial charge in [0.1, 0.15) is 0 Å². The molecule has 0 fully saturated rings. The van der Waals surface area contributed by atoms with Crippen LogP contribution in [0.5, 0.6) is 0 Å². The lowest BCUT2D eigenvalue weighted by atomic mass is 9.97. The summed E-state index contributed by atoms with van der Waals surface area (Å²) in [6, 6.07) is 0. The van der Waals surface area contributed by atoms with E-state index in [9.17, 15) is 26.3 Å². The van der Waals surface area contributed by atoms with Gasteiger partial charge in [-0.2, -0.15) is 26.3 Å². The first-order valence-electron chi connectivity index (χ1n) is 3.43. The van der Waals surface area contributed by atoms with Gasteiger partial charge < -0.3 is 0 Å². The van der Waals surface area contributed by atoms with Gasteiger partial charge >= 0.3 is 12.4 Å². The third-order valence-electron chi connectivity index (χ3n) is 1.48. The molecule has 0 spiro atoms. The van der Waals surface area contributed by atoms with E-state index < -0.39 is 23.5 Å². The Kier molecular flexibility index (Phi) is 2.65. The topological polar surface area (TPSA) is 0 Å². The Morgan fingerprint density at radius 3 is 1.93 bits per heavy atom. The van der Waals surface area contributed by atoms with E-state index >= 15 is 0 Å². The maximum Gasteiger partial charge on any atom is 0.417 e. The lowest BCUT2D eigenvalue weighted by Crippen LogP contribution is -2.24.